The van der Waals surface area contributed by atoms with Crippen LogP contribution in [0, 0.1) is 0 Å². The number of furan rings is 1. The monoisotopic (exact) mass is 380 g/mol. The van der Waals surface area contributed by atoms with Gasteiger partial charge in [-0.3, -0.25) is 9.59 Å². The second-order valence-corrected chi connectivity index (χ2v) is 6.06. The molecular weight excluding hydrogens is 364 g/mol. The summed E-state index contributed by atoms with van der Waals surface area (Å²) in [6.45, 7) is 0.264. The van der Waals surface area contributed by atoms with Crippen molar-refractivity contribution in [3.63, 3.8) is 0 Å². The van der Waals surface area contributed by atoms with Gasteiger partial charge in [0.15, 0.2) is 0 Å². The van der Waals surface area contributed by atoms with E-state index < -0.39 is 0 Å². The van der Waals surface area contributed by atoms with Gasteiger partial charge >= 0.3 is 0 Å². The summed E-state index contributed by atoms with van der Waals surface area (Å²) in [5.74, 6) is -0.0221. The highest BCUT2D eigenvalue weighted by atomic mass is 35.5. The van der Waals surface area contributed by atoms with Crippen LogP contribution < -0.4 is 10.6 Å². The highest BCUT2D eigenvalue weighted by molar-refractivity contribution is 6.32. The van der Waals surface area contributed by atoms with E-state index in [1.54, 1.807) is 54.8 Å². The fourth-order valence-electron chi connectivity index (χ4n) is 2.42. The summed E-state index contributed by atoms with van der Waals surface area (Å²) in [5, 5.41) is 6.04. The quantitative estimate of drug-likeness (QED) is 0.618. The van der Waals surface area contributed by atoms with Gasteiger partial charge in [0.25, 0.3) is 5.91 Å². The molecule has 0 aliphatic rings. The van der Waals surface area contributed by atoms with Crippen LogP contribution >= 0.6 is 11.6 Å². The summed E-state index contributed by atoms with van der Waals surface area (Å²) < 4.78 is 5.19. The fraction of sp³-hybridized carbons (Fsp3) is 0.0476. The van der Waals surface area contributed by atoms with Crippen molar-refractivity contribution in [1.29, 1.82) is 0 Å². The Hall–Kier alpha value is -3.31. The lowest BCUT2D eigenvalue weighted by Crippen LogP contribution is -2.24. The number of amides is 2. The minimum Gasteiger partial charge on any atom is -0.467 e. The fourth-order valence-corrected chi connectivity index (χ4v) is 2.61. The molecule has 0 bridgehead atoms. The Morgan fingerprint density at radius 2 is 1.78 bits per heavy atom. The van der Waals surface area contributed by atoms with E-state index in [0.717, 1.165) is 5.56 Å². The molecule has 5 nitrogen and oxygen atoms in total. The van der Waals surface area contributed by atoms with Crippen molar-refractivity contribution in [2.45, 2.75) is 6.54 Å². The number of anilines is 1. The first-order chi connectivity index (χ1) is 13.1. The topological polar surface area (TPSA) is 71.3 Å². The zero-order valence-electron chi connectivity index (χ0n) is 14.3. The molecule has 0 saturated heterocycles. The first-order valence-electron chi connectivity index (χ1n) is 8.26. The third-order valence-electron chi connectivity index (χ3n) is 3.75. The lowest BCUT2D eigenvalue weighted by atomic mass is 10.1. The molecule has 27 heavy (non-hydrogen) atoms. The number of hydrogen-bond acceptors (Lipinski definition) is 3. The highest BCUT2D eigenvalue weighted by Crippen LogP contribution is 2.18. The number of halogens is 1. The molecule has 2 N–H and O–H groups in total. The van der Waals surface area contributed by atoms with Crippen molar-refractivity contribution >= 4 is 35.2 Å². The van der Waals surface area contributed by atoms with Gasteiger partial charge in [0.1, 0.15) is 5.76 Å². The number of nitrogens with one attached hydrogen (secondary N) is 2. The number of benzene rings is 2. The Bertz CT molecular complexity index is 965. The van der Waals surface area contributed by atoms with Gasteiger partial charge < -0.3 is 15.1 Å². The van der Waals surface area contributed by atoms with Crippen LogP contribution in [-0.2, 0) is 11.3 Å². The maximum atomic E-state index is 12.4. The van der Waals surface area contributed by atoms with E-state index in [1.807, 2.05) is 18.2 Å². The molecule has 0 aliphatic heterocycles. The SMILES string of the molecule is O=C(/C=C/c1ccccc1Cl)Nc1ccccc1C(=O)NCc1ccco1. The molecule has 0 saturated carbocycles. The lowest BCUT2D eigenvalue weighted by molar-refractivity contribution is -0.111. The normalized spacial score (nSPS) is 10.7. The van der Waals surface area contributed by atoms with Crippen LogP contribution in [0.25, 0.3) is 6.08 Å². The van der Waals surface area contributed by atoms with Gasteiger partial charge in [-0.25, -0.2) is 0 Å². The Morgan fingerprint density at radius 1 is 1.00 bits per heavy atom. The molecule has 2 amide bonds. The minimum absolute atomic E-state index is 0.264. The molecule has 1 aromatic heterocycles. The van der Waals surface area contributed by atoms with E-state index >= 15 is 0 Å². The van der Waals surface area contributed by atoms with Crippen molar-refractivity contribution in [2.75, 3.05) is 5.32 Å². The van der Waals surface area contributed by atoms with Crippen LogP contribution in [-0.4, -0.2) is 11.8 Å². The Labute approximate surface area is 161 Å². The van der Waals surface area contributed by atoms with Gasteiger partial charge in [0, 0.05) is 11.1 Å². The van der Waals surface area contributed by atoms with Crippen molar-refractivity contribution in [2.24, 2.45) is 0 Å². The summed E-state index contributed by atoms with van der Waals surface area (Å²) in [7, 11) is 0. The van der Waals surface area contributed by atoms with E-state index in [1.165, 1.54) is 6.08 Å². The number of hydrogen-bond donors (Lipinski definition) is 2. The van der Waals surface area contributed by atoms with Crippen molar-refractivity contribution in [3.05, 3.63) is 94.9 Å². The maximum absolute atomic E-state index is 12.4. The predicted molar refractivity (Wildman–Crippen MR) is 105 cm³/mol. The van der Waals surface area contributed by atoms with E-state index in [4.69, 9.17) is 16.0 Å². The molecule has 136 valence electrons. The van der Waals surface area contributed by atoms with Crippen LogP contribution in [0.1, 0.15) is 21.7 Å². The Morgan fingerprint density at radius 3 is 2.56 bits per heavy atom. The summed E-state index contributed by atoms with van der Waals surface area (Å²) >= 11 is 6.07. The third-order valence-corrected chi connectivity index (χ3v) is 4.10. The summed E-state index contributed by atoms with van der Waals surface area (Å²) in [4.78, 5) is 24.7. The summed E-state index contributed by atoms with van der Waals surface area (Å²) in [5.41, 5.74) is 1.52. The minimum atomic E-state index is -0.360. The molecular formula is C21H17ClN2O3. The maximum Gasteiger partial charge on any atom is 0.253 e. The summed E-state index contributed by atoms with van der Waals surface area (Å²) in [6.07, 6.45) is 4.54. The van der Waals surface area contributed by atoms with Crippen LogP contribution in [0.2, 0.25) is 5.02 Å². The molecule has 0 fully saturated rings. The molecule has 3 rings (SSSR count). The second-order valence-electron chi connectivity index (χ2n) is 5.65. The molecule has 0 radical (unpaired) electrons. The molecule has 3 aromatic rings. The van der Waals surface area contributed by atoms with Gasteiger partial charge in [0.2, 0.25) is 5.91 Å². The van der Waals surface area contributed by atoms with Crippen LogP contribution in [0.15, 0.2) is 77.4 Å². The number of rotatable bonds is 6. The van der Waals surface area contributed by atoms with Crippen molar-refractivity contribution in [1.82, 2.24) is 5.32 Å². The van der Waals surface area contributed by atoms with Crippen LogP contribution in [0.5, 0.6) is 0 Å². The number of carbonyl (C=O) groups excluding carboxylic acids is 2. The highest BCUT2D eigenvalue weighted by Gasteiger charge is 2.12. The van der Waals surface area contributed by atoms with E-state index in [2.05, 4.69) is 10.6 Å². The standard InChI is InChI=1S/C21H17ClN2O3/c22-18-9-3-1-6-15(18)11-12-20(25)24-19-10-4-2-8-17(19)21(26)23-14-16-7-5-13-27-16/h1-13H,14H2,(H,23,26)(H,24,25)/b12-11+. The first kappa shape index (κ1) is 18.5. The molecule has 0 unspecified atom stereocenters. The molecule has 2 aromatic carbocycles. The van der Waals surface area contributed by atoms with Crippen LogP contribution in [0.4, 0.5) is 5.69 Å². The van der Waals surface area contributed by atoms with E-state index in [0.29, 0.717) is 22.0 Å². The largest absolute Gasteiger partial charge is 0.467 e. The molecule has 0 aliphatic carbocycles. The predicted octanol–water partition coefficient (Wildman–Crippen LogP) is 4.51. The van der Waals surface area contributed by atoms with Crippen molar-refractivity contribution in [3.8, 4) is 0 Å². The second kappa shape index (κ2) is 8.87. The Kier molecular flexibility index (Phi) is 6.07. The smallest absolute Gasteiger partial charge is 0.253 e. The first-order valence-corrected chi connectivity index (χ1v) is 8.64. The Balaban J connectivity index is 1.67. The average Bonchev–Trinajstić information content (AvgIpc) is 3.19. The zero-order valence-corrected chi connectivity index (χ0v) is 15.1. The number of carbonyl (C=O) groups is 2. The molecule has 0 atom stereocenters. The van der Waals surface area contributed by atoms with Crippen LogP contribution in [0.3, 0.4) is 0 Å². The molecule has 1 heterocycles. The average molecular weight is 381 g/mol. The van der Waals surface area contributed by atoms with Crippen molar-refractivity contribution < 1.29 is 14.0 Å². The van der Waals surface area contributed by atoms with E-state index in [-0.39, 0.29) is 18.4 Å². The lowest BCUT2D eigenvalue weighted by Gasteiger charge is -2.10. The van der Waals surface area contributed by atoms with Gasteiger partial charge in [0.05, 0.1) is 24.1 Å². The number of para-hydroxylation sites is 1. The van der Waals surface area contributed by atoms with Gasteiger partial charge in [-0.05, 0) is 42.0 Å². The van der Waals surface area contributed by atoms with E-state index in [9.17, 15) is 9.59 Å². The van der Waals surface area contributed by atoms with Gasteiger partial charge in [-0.1, -0.05) is 41.9 Å². The molecule has 6 heteroatoms. The zero-order chi connectivity index (χ0) is 19.1. The van der Waals surface area contributed by atoms with Gasteiger partial charge in [-0.15, -0.1) is 0 Å². The summed E-state index contributed by atoms with van der Waals surface area (Å²) in [6, 6.07) is 17.5. The third kappa shape index (κ3) is 5.09. The molecule has 0 spiro atoms. The van der Waals surface area contributed by atoms with Gasteiger partial charge in [-0.2, -0.15) is 0 Å².